The molecule has 22 nitrogen and oxygen atoms in total. The van der Waals surface area contributed by atoms with Crippen molar-refractivity contribution >= 4 is 98.5 Å². The first-order valence-corrected chi connectivity index (χ1v) is 20.4. The van der Waals surface area contributed by atoms with Crippen molar-refractivity contribution in [3.8, 4) is 5.75 Å². The second-order valence-electron chi connectivity index (χ2n) is 11.9. The number of non-ortho nitro benzene ring substituents is 1. The number of benzene rings is 4. The van der Waals surface area contributed by atoms with Gasteiger partial charge in [0.15, 0.2) is 5.78 Å². The van der Waals surface area contributed by atoms with Gasteiger partial charge in [0.05, 0.1) is 49.7 Å². The molecule has 0 unspecified atom stereocenters. The fraction of sp³-hybridized carbons (Fsp3) is 0. The number of rotatable bonds is 11. The third kappa shape index (κ3) is 11.6. The number of hydrazine groups is 1. The summed E-state index contributed by atoms with van der Waals surface area (Å²) in [7, 11) is -14.5. The number of ketones is 1. The van der Waals surface area contributed by atoms with Gasteiger partial charge in [-0.25, -0.2) is 0 Å². The van der Waals surface area contributed by atoms with Gasteiger partial charge in [0.25, 0.3) is 30.7 Å². The van der Waals surface area contributed by atoms with Crippen LogP contribution in [-0.4, -0.2) is 58.3 Å². The summed E-state index contributed by atoms with van der Waals surface area (Å²) in [5, 5.41) is 50.9. The number of azo groups is 1. The zero-order valence-corrected chi connectivity index (χ0v) is 38.8. The number of nitro groups is 1. The molecule has 0 saturated carbocycles. The second kappa shape index (κ2) is 19.6. The molecule has 0 aromatic heterocycles. The number of hydrogen-bond acceptors (Lipinski definition) is 17. The van der Waals surface area contributed by atoms with Crippen molar-refractivity contribution in [3.05, 3.63) is 119 Å². The maximum atomic E-state index is 13.8. The number of fused-ring (bicyclic) bond motifs is 1. The van der Waals surface area contributed by atoms with Gasteiger partial charge in [-0.3, -0.25) is 24.9 Å². The molecular formula is C34H24KN9NaO13S3+. The molecule has 2 aliphatic rings. The van der Waals surface area contributed by atoms with Crippen LogP contribution in [0.3, 0.4) is 0 Å². The molecule has 0 radical (unpaired) electrons. The summed E-state index contributed by atoms with van der Waals surface area (Å²) in [6.07, 6.45) is 8.63. The maximum absolute atomic E-state index is 13.8. The van der Waals surface area contributed by atoms with Crippen molar-refractivity contribution in [2.45, 2.75) is 14.7 Å². The monoisotopic (exact) mass is 924 g/mol. The number of carbonyl (C=O) groups excluding carboxylic acids is 1. The molecule has 7 N–H and O–H groups in total. The Morgan fingerprint density at radius 2 is 1.44 bits per heavy atom. The fourth-order valence-corrected chi connectivity index (χ4v) is 7.54. The number of sulfonamides is 1. The summed E-state index contributed by atoms with van der Waals surface area (Å²) in [5.41, 5.74) is 9.02. The van der Waals surface area contributed by atoms with E-state index >= 15 is 0 Å². The average molecular weight is 925 g/mol. The smallest absolute Gasteiger partial charge is 0.871 e. The van der Waals surface area contributed by atoms with Crippen LogP contribution in [0.4, 0.5) is 34.1 Å². The molecule has 0 spiro atoms. The molecule has 4 aromatic carbocycles. The van der Waals surface area contributed by atoms with Crippen LogP contribution in [0.25, 0.3) is 10.8 Å². The Labute approximate surface area is 410 Å². The molecule has 0 saturated heterocycles. The minimum atomic E-state index is -5.12. The average Bonchev–Trinajstić information content (AvgIpc) is 3.16. The predicted molar refractivity (Wildman–Crippen MR) is 210 cm³/mol. The Hall–Kier alpha value is -4.65. The van der Waals surface area contributed by atoms with Crippen molar-refractivity contribution in [2.24, 2.45) is 24.8 Å². The van der Waals surface area contributed by atoms with Crippen molar-refractivity contribution in [2.75, 3.05) is 16.6 Å². The largest absolute Gasteiger partial charge is 1.00 e. The van der Waals surface area contributed by atoms with E-state index in [2.05, 4.69) is 35.7 Å². The quantitative estimate of drug-likeness (QED) is 0.0135. The molecule has 0 aliphatic heterocycles. The van der Waals surface area contributed by atoms with E-state index in [9.17, 15) is 59.8 Å². The molecule has 0 bridgehead atoms. The molecule has 302 valence electrons. The van der Waals surface area contributed by atoms with Crippen LogP contribution in [0.15, 0.2) is 148 Å². The zero-order chi connectivity index (χ0) is 42.9. The summed E-state index contributed by atoms with van der Waals surface area (Å²) in [6, 6.07) is 10.7. The SMILES string of the molecule is Nc1c(NNc2ccc([N+](=O)[O-])cc2)c(S(=O)(=O)O)cc2cc([S+](=O)(O)O)c(N=Nc3ccc(S(=O)(=O)N=C4C=CC(=NN=C5C=CC(=O)C=C5[O-])C=C4)cc3)c([O-])c12.[K+].[Na+]. The zero-order valence-electron chi connectivity index (χ0n) is 31.2. The molecular weight excluding hydrogens is 901 g/mol. The molecule has 0 heterocycles. The molecule has 0 fully saturated rings. The van der Waals surface area contributed by atoms with E-state index in [1.807, 2.05) is 0 Å². The van der Waals surface area contributed by atoms with E-state index in [1.165, 1.54) is 42.5 Å². The minimum Gasteiger partial charge on any atom is -0.871 e. The van der Waals surface area contributed by atoms with Crippen LogP contribution >= 0.6 is 0 Å². The topological polar surface area (TPSA) is 364 Å². The van der Waals surface area contributed by atoms with Crippen molar-refractivity contribution < 1.29 is 136 Å². The molecule has 27 heteroatoms. The van der Waals surface area contributed by atoms with Crippen LogP contribution in [0.2, 0.25) is 0 Å². The third-order valence-electron chi connectivity index (χ3n) is 7.98. The normalized spacial score (nSPS) is 14.7. The molecule has 0 amide bonds. The van der Waals surface area contributed by atoms with E-state index in [0.717, 1.165) is 60.7 Å². The molecule has 2 aliphatic carbocycles. The van der Waals surface area contributed by atoms with Gasteiger partial charge in [-0.1, -0.05) is 11.5 Å². The van der Waals surface area contributed by atoms with Gasteiger partial charge >= 0.3 is 91.4 Å². The van der Waals surface area contributed by atoms with Crippen molar-refractivity contribution in [1.82, 2.24) is 0 Å². The molecule has 6 rings (SSSR count). The van der Waals surface area contributed by atoms with E-state index in [-0.39, 0.29) is 120 Å². The number of anilines is 3. The second-order valence-corrected chi connectivity index (χ2v) is 16.4. The number of carbonyl (C=O) groups is 1. The molecule has 0 atom stereocenters. The third-order valence-corrected chi connectivity index (χ3v) is 11.1. The fourth-order valence-electron chi connectivity index (χ4n) is 5.19. The minimum absolute atomic E-state index is 0. The van der Waals surface area contributed by atoms with Crippen LogP contribution in [0.5, 0.6) is 5.75 Å². The van der Waals surface area contributed by atoms with Gasteiger partial charge in [0.2, 0.25) is 0 Å². The summed E-state index contributed by atoms with van der Waals surface area (Å²) >= 11 is 0. The standard InChI is InChI=1S/C34H25N9O13S3.K.Na/c35-31-30-18(15-28(58(51,52)53)32(31)40-37-20-5-9-23(10-6-20)43(47)48)16-29(59(54,55)56)33(34(30)46)41-38-21-7-12-25(13-8-21)57(49,50)42-22-3-1-19(2-4-22)36-39-26-14-11-24(44)17-27(26)45;;/h1-17H,(H8-,35,36,37,38,39,40,41,42,44,45,46,51,52,53,54,55,56);;/q;2*+1/p-1. The molecule has 4 aromatic rings. The Bertz CT molecular complexity index is 2980. The van der Waals surface area contributed by atoms with Crippen LogP contribution in [-0.2, 0) is 39.6 Å². The molecule has 61 heavy (non-hydrogen) atoms. The first-order valence-electron chi connectivity index (χ1n) is 16.0. The van der Waals surface area contributed by atoms with Gasteiger partial charge < -0.3 is 21.4 Å². The van der Waals surface area contributed by atoms with Crippen LogP contribution < -0.4 is 108 Å². The summed E-state index contributed by atoms with van der Waals surface area (Å²) < 4.78 is 97.2. The van der Waals surface area contributed by atoms with Gasteiger partial charge in [0, 0.05) is 23.6 Å². The number of nitro benzene ring substituents is 1. The number of hydrogen-bond donors (Lipinski definition) is 6. The van der Waals surface area contributed by atoms with Crippen LogP contribution in [0.1, 0.15) is 0 Å². The predicted octanol–water partition coefficient (Wildman–Crippen LogP) is -2.25. The van der Waals surface area contributed by atoms with Crippen molar-refractivity contribution in [3.63, 3.8) is 0 Å². The Morgan fingerprint density at radius 1 is 0.820 bits per heavy atom. The summed E-state index contributed by atoms with van der Waals surface area (Å²) in [6.45, 7) is 0. The number of nitrogens with two attached hydrogens (primary N) is 1. The van der Waals surface area contributed by atoms with Gasteiger partial charge in [-0.2, -0.15) is 45.7 Å². The van der Waals surface area contributed by atoms with Gasteiger partial charge in [0.1, 0.15) is 10.6 Å². The number of allylic oxidation sites excluding steroid dienone is 7. The Balaban J connectivity index is 0.00000410. The first-order chi connectivity index (χ1) is 27.7. The number of nitrogen functional groups attached to an aromatic ring is 1. The Morgan fingerprint density at radius 3 is 2.02 bits per heavy atom. The van der Waals surface area contributed by atoms with E-state index in [1.54, 1.807) is 0 Å². The number of nitrogens with one attached hydrogen (secondary N) is 2. The maximum Gasteiger partial charge on any atom is 1.00 e. The number of nitrogens with zero attached hydrogens (tertiary/aromatic N) is 6. The summed E-state index contributed by atoms with van der Waals surface area (Å²) in [4.78, 5) is 19.4. The van der Waals surface area contributed by atoms with E-state index < -0.39 is 90.5 Å². The van der Waals surface area contributed by atoms with Crippen molar-refractivity contribution in [1.29, 1.82) is 0 Å². The van der Waals surface area contributed by atoms with Crippen LogP contribution in [0, 0.1) is 10.1 Å². The summed E-state index contributed by atoms with van der Waals surface area (Å²) in [5.74, 6) is -2.33. The van der Waals surface area contributed by atoms with E-state index in [4.69, 9.17) is 5.73 Å². The van der Waals surface area contributed by atoms with Gasteiger partial charge in [-0.05, 0) is 94.6 Å². The van der Waals surface area contributed by atoms with Gasteiger partial charge in [-0.15, -0.1) is 5.11 Å². The Kier molecular flexibility index (Phi) is 15.7. The first kappa shape index (κ1) is 49.0. The van der Waals surface area contributed by atoms with E-state index in [0.29, 0.717) is 0 Å².